The molecule has 2 atom stereocenters. The number of carbonyl (C=O) groups excluding carboxylic acids is 1. The Morgan fingerprint density at radius 1 is 1.00 bits per heavy atom. The van der Waals surface area contributed by atoms with E-state index in [-0.39, 0.29) is 18.0 Å². The van der Waals surface area contributed by atoms with Crippen LogP contribution in [-0.4, -0.2) is 48.6 Å². The molecule has 8 heteroatoms. The summed E-state index contributed by atoms with van der Waals surface area (Å²) in [6, 6.07) is 16.6. The summed E-state index contributed by atoms with van der Waals surface area (Å²) >= 11 is 0. The second-order valence-electron chi connectivity index (χ2n) is 8.93. The molecule has 0 spiro atoms. The Labute approximate surface area is 195 Å². The summed E-state index contributed by atoms with van der Waals surface area (Å²) < 4.78 is 29.4. The number of aromatic nitrogens is 2. The molecule has 0 aliphatic carbocycles. The summed E-state index contributed by atoms with van der Waals surface area (Å²) in [4.78, 5) is 15.8. The lowest BCUT2D eigenvalue weighted by Gasteiger charge is -2.39. The number of aryl methyl sites for hydroxylation is 2. The van der Waals surface area contributed by atoms with Gasteiger partial charge in [-0.3, -0.25) is 4.79 Å². The number of piperidine rings is 1. The zero-order valence-electron chi connectivity index (χ0n) is 19.1. The topological polar surface area (TPSA) is 81.5 Å². The molecule has 1 fully saturated rings. The van der Waals surface area contributed by atoms with Gasteiger partial charge in [-0.05, 0) is 57.9 Å². The first kappa shape index (κ1) is 22.0. The van der Waals surface area contributed by atoms with E-state index in [2.05, 4.69) is 5.10 Å². The van der Waals surface area contributed by atoms with Crippen molar-refractivity contribution >= 4 is 16.3 Å². The maximum Gasteiger partial charge on any atom is 0.273 e. The normalized spacial score (nSPS) is 21.3. The molecule has 2 aliphatic rings. The van der Waals surface area contributed by atoms with Crippen LogP contribution in [0.4, 0.5) is 0 Å². The van der Waals surface area contributed by atoms with Crippen LogP contribution in [0.25, 0.3) is 5.69 Å². The van der Waals surface area contributed by atoms with E-state index in [0.29, 0.717) is 36.5 Å². The van der Waals surface area contributed by atoms with Gasteiger partial charge in [0, 0.05) is 24.7 Å². The van der Waals surface area contributed by atoms with Crippen molar-refractivity contribution in [2.45, 2.75) is 50.6 Å². The Balaban J connectivity index is 1.36. The van der Waals surface area contributed by atoms with E-state index in [0.717, 1.165) is 22.5 Å². The number of fused-ring (bicyclic) bond motifs is 1. The number of sulfonamides is 1. The van der Waals surface area contributed by atoms with E-state index in [4.69, 9.17) is 0 Å². The van der Waals surface area contributed by atoms with Gasteiger partial charge >= 0.3 is 0 Å². The van der Waals surface area contributed by atoms with Gasteiger partial charge < -0.3 is 9.45 Å². The van der Waals surface area contributed by atoms with Crippen molar-refractivity contribution in [3.05, 3.63) is 77.1 Å². The molecule has 0 N–H and O–H groups in total. The van der Waals surface area contributed by atoms with Gasteiger partial charge in [-0.25, -0.2) is 4.68 Å². The van der Waals surface area contributed by atoms with Crippen molar-refractivity contribution in [1.82, 2.24) is 19.0 Å². The molecule has 1 amide bonds. The number of hydrogen-bond acceptors (Lipinski definition) is 4. The fraction of sp³-hybridized carbons (Fsp3) is 0.360. The van der Waals surface area contributed by atoms with Gasteiger partial charge in [-0.1, -0.05) is 40.1 Å². The summed E-state index contributed by atoms with van der Waals surface area (Å²) in [5.74, 6) is -0.0261. The van der Waals surface area contributed by atoms with Gasteiger partial charge in [0.25, 0.3) is 5.91 Å². The molecule has 0 saturated carbocycles. The van der Waals surface area contributed by atoms with Crippen LogP contribution < -0.4 is 0 Å². The number of carbonyl (C=O) groups is 1. The van der Waals surface area contributed by atoms with Crippen LogP contribution in [0, 0.1) is 13.8 Å². The zero-order chi connectivity index (χ0) is 23.3. The molecular formula is C25H28N4O3S. The third-order valence-corrected chi connectivity index (χ3v) is 8.77. The molecule has 5 rings (SSSR count). The Kier molecular flexibility index (Phi) is 5.47. The van der Waals surface area contributed by atoms with Gasteiger partial charge in [0.2, 0.25) is 0 Å². The predicted molar refractivity (Wildman–Crippen MR) is 126 cm³/mol. The second-order valence-corrected chi connectivity index (χ2v) is 10.9. The lowest BCUT2D eigenvalue weighted by Crippen LogP contribution is -2.49. The largest absolute Gasteiger partial charge is 0.593 e. The Bertz CT molecular complexity index is 1230. The fourth-order valence-corrected chi connectivity index (χ4v) is 6.61. The van der Waals surface area contributed by atoms with Crippen LogP contribution in [0.15, 0.2) is 59.5 Å². The lowest BCUT2D eigenvalue weighted by atomic mass is 10.0. The second kappa shape index (κ2) is 8.20. The maximum absolute atomic E-state index is 13.6. The summed E-state index contributed by atoms with van der Waals surface area (Å²) in [6.45, 7) is 6.73. The molecule has 7 nitrogen and oxygen atoms in total. The molecular weight excluding hydrogens is 436 g/mol. The van der Waals surface area contributed by atoms with Crippen molar-refractivity contribution in [1.29, 1.82) is 0 Å². The van der Waals surface area contributed by atoms with Crippen LogP contribution in [0.5, 0.6) is 0 Å². The number of benzene rings is 2. The first-order chi connectivity index (χ1) is 15.8. The van der Waals surface area contributed by atoms with E-state index in [1.165, 1.54) is 0 Å². The molecule has 0 bridgehead atoms. The lowest BCUT2D eigenvalue weighted by molar-refractivity contribution is 0.0559. The summed E-state index contributed by atoms with van der Waals surface area (Å²) in [7, 11) is -3.53. The highest BCUT2D eigenvalue weighted by Gasteiger charge is 2.45. The molecule has 2 aromatic carbocycles. The van der Waals surface area contributed by atoms with E-state index >= 15 is 0 Å². The molecule has 1 saturated heterocycles. The minimum absolute atomic E-state index is 0.00649. The summed E-state index contributed by atoms with van der Waals surface area (Å²) in [5, 5.41) is 4.65. The van der Waals surface area contributed by atoms with Gasteiger partial charge in [0.1, 0.15) is 5.69 Å². The van der Waals surface area contributed by atoms with Crippen molar-refractivity contribution in [3.63, 3.8) is 0 Å². The summed E-state index contributed by atoms with van der Waals surface area (Å²) in [6.07, 6.45) is 1.23. The van der Waals surface area contributed by atoms with Gasteiger partial charge in [0.05, 0.1) is 17.4 Å². The molecule has 33 heavy (non-hydrogen) atoms. The SMILES string of the molecule is Cc1ccc([S+](=O)([O-])N2CCC(N3C(=O)c4c(c(C)nn4-c4ccccc4)C3C)CC2)cc1. The van der Waals surface area contributed by atoms with Crippen LogP contribution in [-0.2, 0) is 14.6 Å². The van der Waals surface area contributed by atoms with Gasteiger partial charge in [0.15, 0.2) is 15.3 Å². The fourth-order valence-electron chi connectivity index (χ4n) is 5.14. The average molecular weight is 465 g/mol. The maximum atomic E-state index is 13.6. The number of nitrogens with zero attached hydrogens (tertiary/aromatic N) is 4. The molecule has 172 valence electrons. The van der Waals surface area contributed by atoms with Crippen molar-refractivity contribution < 1.29 is 13.6 Å². The summed E-state index contributed by atoms with van der Waals surface area (Å²) in [5.41, 5.74) is 4.34. The van der Waals surface area contributed by atoms with E-state index in [1.54, 1.807) is 21.1 Å². The van der Waals surface area contributed by atoms with Crippen molar-refractivity contribution in [2.75, 3.05) is 13.1 Å². The number of rotatable bonds is 4. The van der Waals surface area contributed by atoms with Crippen LogP contribution in [0.1, 0.15) is 53.1 Å². The first-order valence-electron chi connectivity index (χ1n) is 11.3. The number of hydrogen-bond donors (Lipinski definition) is 0. The quantitative estimate of drug-likeness (QED) is 0.545. The van der Waals surface area contributed by atoms with Crippen LogP contribution >= 0.6 is 0 Å². The molecule has 3 aromatic rings. The molecule has 1 aromatic heterocycles. The third kappa shape index (κ3) is 3.62. The smallest absolute Gasteiger partial charge is 0.273 e. The first-order valence-corrected chi connectivity index (χ1v) is 12.8. The minimum atomic E-state index is -3.53. The molecule has 0 radical (unpaired) electrons. The van der Waals surface area contributed by atoms with Crippen molar-refractivity contribution in [3.8, 4) is 5.69 Å². The Hall–Kier alpha value is -2.81. The molecule has 2 aliphatic heterocycles. The monoisotopic (exact) mass is 464 g/mol. The predicted octanol–water partition coefficient (Wildman–Crippen LogP) is 4.07. The highest BCUT2D eigenvalue weighted by molar-refractivity contribution is 7.95. The van der Waals surface area contributed by atoms with Crippen LogP contribution in [0.3, 0.4) is 0 Å². The van der Waals surface area contributed by atoms with E-state index in [1.807, 2.05) is 68.1 Å². The van der Waals surface area contributed by atoms with Crippen LogP contribution in [0.2, 0.25) is 0 Å². The highest BCUT2D eigenvalue weighted by atomic mass is 32.3. The standard InChI is InChI=1S/C25H28N4O3S/c1-17-9-11-22(12-10-17)33(31,32)27-15-13-20(14-16-27)28-19(3)23-18(2)26-29(24(23)25(28)30)21-7-5-4-6-8-21/h4-12,19-20H,13-16H2,1-3H3. The molecule has 2 unspecified atom stereocenters. The number of amides is 1. The van der Waals surface area contributed by atoms with Crippen molar-refractivity contribution in [2.24, 2.45) is 0 Å². The number of para-hydroxylation sites is 1. The van der Waals surface area contributed by atoms with E-state index < -0.39 is 10.4 Å². The Morgan fingerprint density at radius 2 is 1.64 bits per heavy atom. The minimum Gasteiger partial charge on any atom is -0.593 e. The molecule has 3 heterocycles. The van der Waals surface area contributed by atoms with Gasteiger partial charge in [-0.15, -0.1) is 4.31 Å². The average Bonchev–Trinajstić information content (AvgIpc) is 3.30. The Morgan fingerprint density at radius 3 is 2.27 bits per heavy atom. The van der Waals surface area contributed by atoms with Gasteiger partial charge in [-0.2, -0.15) is 5.10 Å². The zero-order valence-corrected chi connectivity index (χ0v) is 19.9. The third-order valence-electron chi connectivity index (χ3n) is 6.86. The highest BCUT2D eigenvalue weighted by Crippen LogP contribution is 2.40. The van der Waals surface area contributed by atoms with E-state index in [9.17, 15) is 13.6 Å².